The Balaban J connectivity index is 1.52. The topological polar surface area (TPSA) is 83.6 Å². The molecule has 0 saturated heterocycles. The van der Waals surface area contributed by atoms with Crippen LogP contribution in [0.4, 0.5) is 5.13 Å². The molecule has 32 heavy (non-hydrogen) atoms. The first-order valence-electron chi connectivity index (χ1n) is 10.1. The largest absolute Gasteiger partial charge is 0.317 e. The number of aryl methyl sites for hydroxylation is 2. The number of nitrogens with zero attached hydrogens (tertiary/aromatic N) is 4. The third-order valence-electron chi connectivity index (χ3n) is 4.93. The number of hydrogen-bond donors (Lipinski definition) is 1. The molecule has 2 aromatic heterocycles. The summed E-state index contributed by atoms with van der Waals surface area (Å²) >= 11 is 1.30. The zero-order valence-electron chi connectivity index (χ0n) is 17.7. The fourth-order valence-electron chi connectivity index (χ4n) is 3.41. The Morgan fingerprint density at radius 1 is 1.12 bits per heavy atom. The summed E-state index contributed by atoms with van der Waals surface area (Å²) in [5, 5.41) is 21.6. The molecule has 0 saturated carbocycles. The molecule has 7 heteroatoms. The number of anilines is 1. The van der Waals surface area contributed by atoms with Gasteiger partial charge in [0.05, 0.1) is 0 Å². The van der Waals surface area contributed by atoms with E-state index < -0.39 is 5.91 Å². The summed E-state index contributed by atoms with van der Waals surface area (Å²) < 4.78 is 1.96. The van der Waals surface area contributed by atoms with E-state index in [2.05, 4.69) is 21.6 Å². The van der Waals surface area contributed by atoms with Crippen LogP contribution in [0.3, 0.4) is 0 Å². The maximum atomic E-state index is 12.7. The molecule has 6 nitrogen and oxygen atoms in total. The van der Waals surface area contributed by atoms with E-state index in [0.29, 0.717) is 11.6 Å². The summed E-state index contributed by atoms with van der Waals surface area (Å²) in [6, 6.07) is 21.9. The van der Waals surface area contributed by atoms with Crippen LogP contribution in [0.5, 0.6) is 0 Å². The predicted molar refractivity (Wildman–Crippen MR) is 127 cm³/mol. The van der Waals surface area contributed by atoms with Crippen molar-refractivity contribution >= 4 is 28.5 Å². The molecule has 158 valence electrons. The third-order valence-corrected chi connectivity index (χ3v) is 5.77. The third kappa shape index (κ3) is 4.82. The van der Waals surface area contributed by atoms with Gasteiger partial charge in [0.1, 0.15) is 16.6 Å². The first-order valence-corrected chi connectivity index (χ1v) is 10.9. The normalized spacial score (nSPS) is 11.2. The van der Waals surface area contributed by atoms with Gasteiger partial charge in [-0.25, -0.2) is 0 Å². The molecule has 0 aliphatic heterocycles. The summed E-state index contributed by atoms with van der Waals surface area (Å²) in [5.41, 5.74) is 5.14. The molecule has 4 rings (SSSR count). The van der Waals surface area contributed by atoms with Crippen molar-refractivity contribution in [2.24, 2.45) is 0 Å². The van der Waals surface area contributed by atoms with Crippen molar-refractivity contribution in [2.75, 3.05) is 5.32 Å². The van der Waals surface area contributed by atoms with Crippen molar-refractivity contribution in [1.29, 1.82) is 5.26 Å². The number of amides is 1. The van der Waals surface area contributed by atoms with Gasteiger partial charge in [-0.2, -0.15) is 5.26 Å². The van der Waals surface area contributed by atoms with Crippen LogP contribution in [-0.4, -0.2) is 20.7 Å². The van der Waals surface area contributed by atoms with E-state index in [1.807, 2.05) is 85.3 Å². The lowest BCUT2D eigenvalue weighted by Crippen LogP contribution is -2.13. The molecular weight excluding hydrogens is 418 g/mol. The van der Waals surface area contributed by atoms with Gasteiger partial charge < -0.3 is 4.57 Å². The molecule has 0 bridgehead atoms. The number of benzene rings is 2. The second-order valence-electron chi connectivity index (χ2n) is 7.38. The van der Waals surface area contributed by atoms with Crippen molar-refractivity contribution in [3.63, 3.8) is 0 Å². The average molecular weight is 440 g/mol. The van der Waals surface area contributed by atoms with E-state index in [9.17, 15) is 10.1 Å². The number of carbonyl (C=O) groups is 1. The van der Waals surface area contributed by atoms with Crippen LogP contribution < -0.4 is 5.32 Å². The Labute approximate surface area is 190 Å². The molecule has 1 amide bonds. The quantitative estimate of drug-likeness (QED) is 0.335. The van der Waals surface area contributed by atoms with Gasteiger partial charge in [-0.1, -0.05) is 59.4 Å². The molecule has 4 aromatic rings. The first-order chi connectivity index (χ1) is 15.5. The molecule has 0 radical (unpaired) electrons. The summed E-state index contributed by atoms with van der Waals surface area (Å²) in [7, 11) is 0. The number of nitrogens with one attached hydrogen (secondary N) is 1. The van der Waals surface area contributed by atoms with Crippen LogP contribution in [0.25, 0.3) is 11.8 Å². The molecular formula is C25H21N5OS. The van der Waals surface area contributed by atoms with Crippen LogP contribution in [0, 0.1) is 25.2 Å². The van der Waals surface area contributed by atoms with Gasteiger partial charge in [0.25, 0.3) is 5.91 Å². The SMILES string of the molecule is Cc1ccc(-n2cccc2/C=C(/C#N)C(=O)Nc2nnc(Cc3ccccc3)s2)c(C)c1. The van der Waals surface area contributed by atoms with Gasteiger partial charge in [-0.15, -0.1) is 10.2 Å². The van der Waals surface area contributed by atoms with E-state index in [4.69, 9.17) is 0 Å². The van der Waals surface area contributed by atoms with Gasteiger partial charge >= 0.3 is 0 Å². The average Bonchev–Trinajstić information content (AvgIpc) is 3.42. The second kappa shape index (κ2) is 9.41. The van der Waals surface area contributed by atoms with E-state index in [1.54, 1.807) is 6.08 Å². The Morgan fingerprint density at radius 2 is 1.94 bits per heavy atom. The molecule has 2 heterocycles. The fraction of sp³-hybridized carbons (Fsp3) is 0.120. The van der Waals surface area contributed by atoms with Gasteiger partial charge in [-0.05, 0) is 49.2 Å². The predicted octanol–water partition coefficient (Wildman–Crippen LogP) is 5.08. The number of aromatic nitrogens is 3. The Hall–Kier alpha value is -4.02. The van der Waals surface area contributed by atoms with Gasteiger partial charge in [0, 0.05) is 24.0 Å². The van der Waals surface area contributed by atoms with Crippen molar-refractivity contribution in [3.8, 4) is 11.8 Å². The Kier molecular flexibility index (Phi) is 6.24. The zero-order valence-corrected chi connectivity index (χ0v) is 18.6. The summed E-state index contributed by atoms with van der Waals surface area (Å²) in [6.07, 6.45) is 4.14. The summed E-state index contributed by atoms with van der Waals surface area (Å²) in [4.78, 5) is 12.7. The van der Waals surface area contributed by atoms with Crippen LogP contribution in [-0.2, 0) is 11.2 Å². The standard InChI is InChI=1S/C25H21N5OS/c1-17-10-11-22(18(2)13-17)30-12-6-9-21(30)15-20(16-26)24(31)27-25-29-28-23(32-25)14-19-7-4-3-5-8-19/h3-13,15H,14H2,1-2H3,(H,27,29,31)/b20-15-. The summed E-state index contributed by atoms with van der Waals surface area (Å²) in [5.74, 6) is -0.511. The van der Waals surface area contributed by atoms with Gasteiger partial charge in [0.2, 0.25) is 5.13 Å². The minimum Gasteiger partial charge on any atom is -0.317 e. The maximum Gasteiger partial charge on any atom is 0.268 e. The van der Waals surface area contributed by atoms with E-state index in [0.717, 1.165) is 27.5 Å². The van der Waals surface area contributed by atoms with Crippen molar-refractivity contribution < 1.29 is 4.79 Å². The van der Waals surface area contributed by atoms with Gasteiger partial charge in [0.15, 0.2) is 0 Å². The van der Waals surface area contributed by atoms with Crippen molar-refractivity contribution in [3.05, 3.63) is 99.8 Å². The molecule has 0 aliphatic carbocycles. The Bertz CT molecular complexity index is 1330. The van der Waals surface area contributed by atoms with Crippen molar-refractivity contribution in [2.45, 2.75) is 20.3 Å². The van der Waals surface area contributed by atoms with Crippen LogP contribution in [0.1, 0.15) is 27.4 Å². The van der Waals surface area contributed by atoms with E-state index in [1.165, 1.54) is 16.9 Å². The van der Waals surface area contributed by atoms with Gasteiger partial charge in [-0.3, -0.25) is 10.1 Å². The highest BCUT2D eigenvalue weighted by atomic mass is 32.1. The molecule has 0 fully saturated rings. The molecule has 0 atom stereocenters. The zero-order chi connectivity index (χ0) is 22.5. The maximum absolute atomic E-state index is 12.7. The highest BCUT2D eigenvalue weighted by Crippen LogP contribution is 2.22. The number of hydrogen-bond acceptors (Lipinski definition) is 5. The summed E-state index contributed by atoms with van der Waals surface area (Å²) in [6.45, 7) is 4.08. The van der Waals surface area contributed by atoms with Crippen LogP contribution >= 0.6 is 11.3 Å². The molecule has 2 aromatic carbocycles. The molecule has 0 spiro atoms. The first kappa shape index (κ1) is 21.2. The van der Waals surface area contributed by atoms with Crippen molar-refractivity contribution in [1.82, 2.24) is 14.8 Å². The molecule has 0 unspecified atom stereocenters. The minimum absolute atomic E-state index is 0.00507. The highest BCUT2D eigenvalue weighted by Gasteiger charge is 2.14. The molecule has 1 N–H and O–H groups in total. The Morgan fingerprint density at radius 3 is 2.69 bits per heavy atom. The molecule has 0 aliphatic rings. The highest BCUT2D eigenvalue weighted by molar-refractivity contribution is 7.15. The van der Waals surface area contributed by atoms with E-state index >= 15 is 0 Å². The fourth-order valence-corrected chi connectivity index (χ4v) is 4.18. The number of nitriles is 1. The second-order valence-corrected chi connectivity index (χ2v) is 8.44. The van der Waals surface area contributed by atoms with Crippen LogP contribution in [0.2, 0.25) is 0 Å². The van der Waals surface area contributed by atoms with Crippen LogP contribution in [0.15, 0.2) is 72.4 Å². The van der Waals surface area contributed by atoms with E-state index in [-0.39, 0.29) is 5.57 Å². The lowest BCUT2D eigenvalue weighted by atomic mass is 10.1. The lowest BCUT2D eigenvalue weighted by molar-refractivity contribution is -0.112. The monoisotopic (exact) mass is 439 g/mol. The number of carbonyl (C=O) groups excluding carboxylic acids is 1. The lowest BCUT2D eigenvalue weighted by Gasteiger charge is -2.11. The number of rotatable bonds is 6. The smallest absolute Gasteiger partial charge is 0.268 e. The minimum atomic E-state index is -0.511.